The smallest absolute Gasteiger partial charge is 0.233 e. The average Bonchev–Trinajstić information content (AvgIpc) is 3.49. The zero-order valence-electron chi connectivity index (χ0n) is 28.7. The first-order chi connectivity index (χ1) is 21.9. The third-order valence-corrected chi connectivity index (χ3v) is 9.54. The second-order valence-electron chi connectivity index (χ2n) is 12.6. The predicted molar refractivity (Wildman–Crippen MR) is 189 cm³/mol. The Kier molecular flexibility index (Phi) is 8.41. The van der Waals surface area contributed by atoms with Crippen LogP contribution in [-0.2, 0) is 20.4 Å². The van der Waals surface area contributed by atoms with Gasteiger partial charge in [-0.2, -0.15) is 4.58 Å². The molecular formula is C41H44N2O3. The normalized spacial score (nSPS) is 19.5. The Morgan fingerprint density at radius 3 is 1.85 bits per heavy atom. The number of benzene rings is 4. The Morgan fingerprint density at radius 1 is 0.696 bits per heavy atom. The van der Waals surface area contributed by atoms with Crippen LogP contribution in [0.25, 0.3) is 21.5 Å². The van der Waals surface area contributed by atoms with Crippen LogP contribution >= 0.6 is 0 Å². The van der Waals surface area contributed by atoms with Gasteiger partial charge in [-0.3, -0.25) is 9.59 Å². The van der Waals surface area contributed by atoms with Crippen molar-refractivity contribution in [2.45, 2.75) is 66.2 Å². The van der Waals surface area contributed by atoms with Gasteiger partial charge in [-0.25, -0.2) is 0 Å². The molecule has 5 nitrogen and oxygen atoms in total. The van der Waals surface area contributed by atoms with Crippen molar-refractivity contribution in [3.63, 3.8) is 0 Å². The van der Waals surface area contributed by atoms with Crippen molar-refractivity contribution in [2.75, 3.05) is 19.0 Å². The first-order valence-corrected chi connectivity index (χ1v) is 16.3. The second-order valence-corrected chi connectivity index (χ2v) is 12.6. The Balaban J connectivity index is 0.00000100. The van der Waals surface area contributed by atoms with Gasteiger partial charge < -0.3 is 10.0 Å². The zero-order valence-corrected chi connectivity index (χ0v) is 28.7. The molecule has 0 saturated carbocycles. The van der Waals surface area contributed by atoms with Crippen molar-refractivity contribution in [3.05, 3.63) is 119 Å². The molecule has 0 saturated heterocycles. The summed E-state index contributed by atoms with van der Waals surface area (Å²) in [6.07, 6.45) is 3.29. The van der Waals surface area contributed by atoms with Crippen molar-refractivity contribution in [1.29, 1.82) is 0 Å². The van der Waals surface area contributed by atoms with E-state index in [1.165, 1.54) is 0 Å². The minimum Gasteiger partial charge on any atom is -0.871 e. The third kappa shape index (κ3) is 4.63. The van der Waals surface area contributed by atoms with Gasteiger partial charge in [0.15, 0.2) is 5.71 Å². The number of anilines is 1. The third-order valence-electron chi connectivity index (χ3n) is 9.54. The Hall–Kier alpha value is -4.77. The quantitative estimate of drug-likeness (QED) is 0.131. The summed E-state index contributed by atoms with van der Waals surface area (Å²) < 4.78 is 2.03. The number of Topliss-reactive ketones (excluding diaryl/α,β-unsaturated/α-hetero) is 2. The highest BCUT2D eigenvalue weighted by Gasteiger charge is 2.46. The Labute approximate surface area is 272 Å². The lowest BCUT2D eigenvalue weighted by molar-refractivity contribution is -0.401. The van der Waals surface area contributed by atoms with Crippen molar-refractivity contribution < 1.29 is 19.3 Å². The molecule has 1 aliphatic carbocycles. The zero-order chi connectivity index (χ0) is 33.7. The first kappa shape index (κ1) is 32.6. The molecule has 2 aliphatic heterocycles. The van der Waals surface area contributed by atoms with E-state index in [4.69, 9.17) is 0 Å². The standard InChI is InChI=1S/C37H32N2O3.2C2H6/c1-36(2)29(38(5)27-17-15-21-11-7-9-13-23(21)31(27)36)19-25-33(40)26(35(42)34(25)41)20-30-37(3,4)32-24-14-10-8-12-22(24)16-18-28(32)39(30)6;2*1-2/h7-20H,1-6H3;2*1-2H3. The van der Waals surface area contributed by atoms with Crippen LogP contribution in [0, 0.1) is 0 Å². The minimum absolute atomic E-state index is 0.0692. The fourth-order valence-electron chi connectivity index (χ4n) is 7.43. The van der Waals surface area contributed by atoms with Gasteiger partial charge in [0.2, 0.25) is 17.3 Å². The summed E-state index contributed by atoms with van der Waals surface area (Å²) in [7, 11) is 3.90. The summed E-state index contributed by atoms with van der Waals surface area (Å²) in [5, 5.41) is 18.4. The summed E-state index contributed by atoms with van der Waals surface area (Å²) in [5.41, 5.74) is 4.85. The maximum absolute atomic E-state index is 13.9. The molecule has 4 aromatic rings. The minimum atomic E-state index is -0.745. The van der Waals surface area contributed by atoms with Gasteiger partial charge in [0.25, 0.3) is 0 Å². The number of carbonyl (C=O) groups is 2. The first-order valence-electron chi connectivity index (χ1n) is 16.3. The van der Waals surface area contributed by atoms with E-state index in [2.05, 4.69) is 76.2 Å². The molecule has 0 aromatic heterocycles. The van der Waals surface area contributed by atoms with E-state index in [-0.39, 0.29) is 11.1 Å². The van der Waals surface area contributed by atoms with Crippen molar-refractivity contribution in [3.8, 4) is 0 Å². The molecule has 46 heavy (non-hydrogen) atoms. The summed E-state index contributed by atoms with van der Waals surface area (Å²) in [5.74, 6) is -2.00. The van der Waals surface area contributed by atoms with Crippen molar-refractivity contribution in [2.24, 2.45) is 0 Å². The van der Waals surface area contributed by atoms with Crippen LogP contribution in [0.3, 0.4) is 0 Å². The number of nitrogens with zero attached hydrogens (tertiary/aromatic N) is 2. The number of rotatable bonds is 2. The van der Waals surface area contributed by atoms with Gasteiger partial charge in [0.05, 0.1) is 5.41 Å². The molecule has 0 fully saturated rings. The van der Waals surface area contributed by atoms with E-state index in [9.17, 15) is 14.7 Å². The molecule has 0 bridgehead atoms. The van der Waals surface area contributed by atoms with Crippen LogP contribution in [0.15, 0.2) is 108 Å². The number of hydrogen-bond donors (Lipinski definition) is 0. The van der Waals surface area contributed by atoms with Crippen LogP contribution in [0.1, 0.15) is 66.5 Å². The maximum Gasteiger partial charge on any atom is 0.233 e. The molecule has 2 heterocycles. The topological polar surface area (TPSA) is 63.4 Å². The lowest BCUT2D eigenvalue weighted by atomic mass is 9.78. The summed E-state index contributed by atoms with van der Waals surface area (Å²) in [6, 6.07) is 24.8. The van der Waals surface area contributed by atoms with E-state index in [0.717, 1.165) is 55.5 Å². The molecule has 0 radical (unpaired) electrons. The van der Waals surface area contributed by atoms with Gasteiger partial charge in [-0.1, -0.05) is 102 Å². The lowest BCUT2D eigenvalue weighted by Crippen LogP contribution is -2.28. The van der Waals surface area contributed by atoms with Crippen LogP contribution < -0.4 is 10.0 Å². The number of ketones is 2. The number of likely N-dealkylation sites (N-methyl/N-ethyl adjacent to an activating group) is 1. The maximum atomic E-state index is 13.9. The molecule has 0 N–H and O–H groups in total. The molecule has 0 amide bonds. The summed E-state index contributed by atoms with van der Waals surface area (Å²) in [6.45, 7) is 16.4. The van der Waals surface area contributed by atoms with Gasteiger partial charge in [-0.15, -0.1) is 0 Å². The van der Waals surface area contributed by atoms with Gasteiger partial charge in [0, 0.05) is 52.7 Å². The average molecular weight is 613 g/mol. The predicted octanol–water partition coefficient (Wildman–Crippen LogP) is 8.06. The van der Waals surface area contributed by atoms with Crippen LogP contribution in [0.4, 0.5) is 11.4 Å². The highest BCUT2D eigenvalue weighted by molar-refractivity contribution is 6.54. The highest BCUT2D eigenvalue weighted by atomic mass is 16.3. The molecule has 0 spiro atoms. The Morgan fingerprint density at radius 2 is 1.24 bits per heavy atom. The highest BCUT2D eigenvalue weighted by Crippen LogP contribution is 2.51. The van der Waals surface area contributed by atoms with Crippen LogP contribution in [0.5, 0.6) is 0 Å². The largest absolute Gasteiger partial charge is 0.871 e. The number of hydrogen-bond acceptors (Lipinski definition) is 4. The number of carbonyl (C=O) groups excluding carboxylic acids is 2. The van der Waals surface area contributed by atoms with E-state index in [1.54, 1.807) is 12.2 Å². The van der Waals surface area contributed by atoms with Gasteiger partial charge in [0.1, 0.15) is 7.05 Å². The molecule has 4 aromatic carbocycles. The van der Waals surface area contributed by atoms with E-state index >= 15 is 0 Å². The van der Waals surface area contributed by atoms with Crippen molar-refractivity contribution >= 4 is 50.2 Å². The molecule has 3 aliphatic rings. The number of fused-ring (bicyclic) bond motifs is 6. The number of allylic oxidation sites excluding steroid dienone is 5. The van der Waals surface area contributed by atoms with E-state index < -0.39 is 28.2 Å². The Bertz CT molecular complexity index is 2050. The fraction of sp³-hybridized carbons (Fsp3) is 0.293. The summed E-state index contributed by atoms with van der Waals surface area (Å²) >= 11 is 0. The summed E-state index contributed by atoms with van der Waals surface area (Å²) in [4.78, 5) is 28.8. The second kappa shape index (κ2) is 11.9. The van der Waals surface area contributed by atoms with Crippen LogP contribution in [0.2, 0.25) is 0 Å². The van der Waals surface area contributed by atoms with Gasteiger partial charge in [-0.05, 0) is 59.2 Å². The molecule has 0 atom stereocenters. The molecule has 236 valence electrons. The van der Waals surface area contributed by atoms with E-state index in [1.807, 2.05) is 75.5 Å². The lowest BCUT2D eigenvalue weighted by Gasteiger charge is -2.25. The molecule has 0 unspecified atom stereocenters. The molecule has 7 rings (SSSR count). The van der Waals surface area contributed by atoms with Gasteiger partial charge >= 0.3 is 0 Å². The fourth-order valence-corrected chi connectivity index (χ4v) is 7.43. The van der Waals surface area contributed by atoms with Crippen molar-refractivity contribution in [1.82, 2.24) is 0 Å². The SMILES string of the molecule is CC.CC.CN1/C(=C/C2=C([O-])C(=C\C3=[N+](C)c4ccc5ccccc5c4C3(C)C)/C(=O)C2=O)C(C)(C)c2c1ccc1ccccc21. The molecular weight excluding hydrogens is 568 g/mol. The van der Waals surface area contributed by atoms with E-state index in [0.29, 0.717) is 0 Å². The molecule has 5 heteroatoms. The monoisotopic (exact) mass is 612 g/mol. The van der Waals surface area contributed by atoms with Crippen LogP contribution in [-0.4, -0.2) is 35.9 Å².